The van der Waals surface area contributed by atoms with E-state index in [1.807, 2.05) is 13.8 Å². The average Bonchev–Trinajstić information content (AvgIpc) is 2.54. The van der Waals surface area contributed by atoms with Crippen LogP contribution in [0.5, 0.6) is 11.5 Å². The minimum absolute atomic E-state index is 0.0452. The second-order valence-corrected chi connectivity index (χ2v) is 5.36. The first-order chi connectivity index (χ1) is 11.4. The van der Waals surface area contributed by atoms with Crippen molar-refractivity contribution in [3.63, 3.8) is 0 Å². The van der Waals surface area contributed by atoms with Crippen LogP contribution in [0, 0.1) is 0 Å². The van der Waals surface area contributed by atoms with Crippen LogP contribution in [0.1, 0.15) is 41.0 Å². The zero-order chi connectivity index (χ0) is 17.7. The molecular weight excluding hydrogens is 310 g/mol. The molecule has 0 aliphatic heterocycles. The predicted molar refractivity (Wildman–Crippen MR) is 89.8 cm³/mol. The van der Waals surface area contributed by atoms with Gasteiger partial charge in [-0.2, -0.15) is 0 Å². The number of benzene rings is 2. The highest BCUT2D eigenvalue weighted by atomic mass is 16.5. The second kappa shape index (κ2) is 7.50. The van der Waals surface area contributed by atoms with Crippen LogP contribution in [0.15, 0.2) is 42.5 Å². The fraction of sp³-hybridized carbons (Fsp3) is 0.222. The maximum Gasteiger partial charge on any atom is 0.339 e. The first-order valence-corrected chi connectivity index (χ1v) is 7.55. The highest BCUT2D eigenvalue weighted by Gasteiger charge is 2.12. The van der Waals surface area contributed by atoms with E-state index in [1.54, 1.807) is 24.3 Å². The van der Waals surface area contributed by atoms with Crippen LogP contribution < -0.4 is 10.1 Å². The fourth-order valence-electron chi connectivity index (χ4n) is 2.02. The number of phenols is 1. The average molecular weight is 329 g/mol. The third-order valence-electron chi connectivity index (χ3n) is 3.49. The highest BCUT2D eigenvalue weighted by Crippen LogP contribution is 2.23. The third kappa shape index (κ3) is 4.25. The number of aromatic carboxylic acids is 1. The largest absolute Gasteiger partial charge is 0.507 e. The number of hydrogen-bond donors (Lipinski definition) is 3. The molecule has 2 aromatic carbocycles. The Kier molecular flexibility index (Phi) is 5.42. The summed E-state index contributed by atoms with van der Waals surface area (Å²) in [5.41, 5.74) is 0.477. The Balaban J connectivity index is 2.14. The van der Waals surface area contributed by atoms with Crippen LogP contribution >= 0.6 is 0 Å². The molecule has 2 rings (SSSR count). The molecule has 0 spiro atoms. The molecule has 3 N–H and O–H groups in total. The van der Waals surface area contributed by atoms with E-state index >= 15 is 0 Å². The molecule has 0 bridgehead atoms. The quantitative estimate of drug-likeness (QED) is 0.753. The number of carbonyl (C=O) groups excluding carboxylic acids is 1. The van der Waals surface area contributed by atoms with Crippen molar-refractivity contribution < 1.29 is 24.5 Å². The maximum absolute atomic E-state index is 12.3. The number of amides is 1. The summed E-state index contributed by atoms with van der Waals surface area (Å²) in [4.78, 5) is 23.2. The van der Waals surface area contributed by atoms with E-state index in [4.69, 9.17) is 9.84 Å². The first-order valence-electron chi connectivity index (χ1n) is 7.55. The molecule has 0 radical (unpaired) electrons. The molecule has 0 aliphatic rings. The molecule has 24 heavy (non-hydrogen) atoms. The molecule has 0 unspecified atom stereocenters. The van der Waals surface area contributed by atoms with Crippen molar-refractivity contribution in [3.05, 3.63) is 53.6 Å². The van der Waals surface area contributed by atoms with Crippen molar-refractivity contribution in [2.75, 3.05) is 5.32 Å². The summed E-state index contributed by atoms with van der Waals surface area (Å²) >= 11 is 0. The number of rotatable bonds is 6. The molecule has 2 aromatic rings. The van der Waals surface area contributed by atoms with Gasteiger partial charge in [-0.05, 0) is 43.7 Å². The predicted octanol–water partition coefficient (Wildman–Crippen LogP) is 3.52. The lowest BCUT2D eigenvalue weighted by Crippen LogP contribution is -2.13. The van der Waals surface area contributed by atoms with Crippen molar-refractivity contribution >= 4 is 17.6 Å². The molecule has 0 saturated heterocycles. The smallest absolute Gasteiger partial charge is 0.339 e. The molecule has 0 aromatic heterocycles. The van der Waals surface area contributed by atoms with E-state index < -0.39 is 11.7 Å². The Morgan fingerprint density at radius 1 is 1.21 bits per heavy atom. The standard InChI is InChI=1S/C18H19NO5/c1-3-11(2)24-14-6-4-5-12(9-14)17(21)19-13-7-8-15(18(22)23)16(20)10-13/h4-11,20H,3H2,1-2H3,(H,19,21)(H,22,23)/t11-/m1/s1. The van der Waals surface area contributed by atoms with Gasteiger partial charge in [0.25, 0.3) is 5.91 Å². The van der Waals surface area contributed by atoms with Crippen LogP contribution in [-0.2, 0) is 0 Å². The lowest BCUT2D eigenvalue weighted by Gasteiger charge is -2.13. The van der Waals surface area contributed by atoms with Gasteiger partial charge in [0.2, 0.25) is 0 Å². The van der Waals surface area contributed by atoms with Gasteiger partial charge in [0, 0.05) is 17.3 Å². The van der Waals surface area contributed by atoms with Gasteiger partial charge in [-0.1, -0.05) is 13.0 Å². The summed E-state index contributed by atoms with van der Waals surface area (Å²) in [6.07, 6.45) is 0.898. The van der Waals surface area contributed by atoms with Crippen LogP contribution in [0.3, 0.4) is 0 Å². The van der Waals surface area contributed by atoms with Gasteiger partial charge in [0.1, 0.15) is 17.1 Å². The monoisotopic (exact) mass is 329 g/mol. The molecule has 126 valence electrons. The van der Waals surface area contributed by atoms with E-state index in [2.05, 4.69) is 5.32 Å². The number of nitrogens with one attached hydrogen (secondary N) is 1. The Hall–Kier alpha value is -3.02. The summed E-state index contributed by atoms with van der Waals surface area (Å²) in [5.74, 6) is -1.43. The van der Waals surface area contributed by atoms with E-state index in [1.165, 1.54) is 18.2 Å². The van der Waals surface area contributed by atoms with Crippen molar-refractivity contribution in [1.82, 2.24) is 0 Å². The number of carboxylic acid groups (broad SMARTS) is 1. The minimum atomic E-state index is -1.24. The minimum Gasteiger partial charge on any atom is -0.507 e. The van der Waals surface area contributed by atoms with Gasteiger partial charge in [-0.15, -0.1) is 0 Å². The number of aromatic hydroxyl groups is 1. The summed E-state index contributed by atoms with van der Waals surface area (Å²) in [6, 6.07) is 10.6. The Morgan fingerprint density at radius 3 is 2.58 bits per heavy atom. The zero-order valence-electron chi connectivity index (χ0n) is 13.4. The first kappa shape index (κ1) is 17.3. The molecule has 0 aliphatic carbocycles. The van der Waals surface area contributed by atoms with E-state index in [-0.39, 0.29) is 17.6 Å². The van der Waals surface area contributed by atoms with Gasteiger partial charge in [-0.25, -0.2) is 4.79 Å². The number of anilines is 1. The molecule has 6 heteroatoms. The summed E-state index contributed by atoms with van der Waals surface area (Å²) < 4.78 is 5.68. The van der Waals surface area contributed by atoms with Crippen molar-refractivity contribution in [2.24, 2.45) is 0 Å². The highest BCUT2D eigenvalue weighted by molar-refractivity contribution is 6.05. The Morgan fingerprint density at radius 2 is 1.96 bits per heavy atom. The normalized spacial score (nSPS) is 11.6. The zero-order valence-corrected chi connectivity index (χ0v) is 13.4. The number of ether oxygens (including phenoxy) is 1. The van der Waals surface area contributed by atoms with E-state index in [0.717, 1.165) is 6.42 Å². The van der Waals surface area contributed by atoms with Gasteiger partial charge < -0.3 is 20.3 Å². The SMILES string of the molecule is CC[C@@H](C)Oc1cccc(C(=O)Nc2ccc(C(=O)O)c(O)c2)c1. The van der Waals surface area contributed by atoms with Gasteiger partial charge in [0.05, 0.1) is 6.10 Å². The van der Waals surface area contributed by atoms with E-state index in [9.17, 15) is 14.7 Å². The topological polar surface area (TPSA) is 95.9 Å². The summed E-state index contributed by atoms with van der Waals surface area (Å²) in [6.45, 7) is 3.95. The van der Waals surface area contributed by atoms with Crippen molar-refractivity contribution in [3.8, 4) is 11.5 Å². The maximum atomic E-state index is 12.3. The molecule has 0 fully saturated rings. The van der Waals surface area contributed by atoms with Crippen molar-refractivity contribution in [2.45, 2.75) is 26.4 Å². The molecule has 0 heterocycles. The molecule has 0 saturated carbocycles. The van der Waals surface area contributed by atoms with Crippen LogP contribution in [-0.4, -0.2) is 28.2 Å². The van der Waals surface area contributed by atoms with E-state index in [0.29, 0.717) is 17.0 Å². The third-order valence-corrected chi connectivity index (χ3v) is 3.49. The van der Waals surface area contributed by atoms with Crippen LogP contribution in [0.2, 0.25) is 0 Å². The van der Waals surface area contributed by atoms with Crippen LogP contribution in [0.25, 0.3) is 0 Å². The summed E-state index contributed by atoms with van der Waals surface area (Å²) in [5, 5.41) is 21.2. The van der Waals surface area contributed by atoms with Crippen LogP contribution in [0.4, 0.5) is 5.69 Å². The molecule has 6 nitrogen and oxygen atoms in total. The molecule has 1 amide bonds. The van der Waals surface area contributed by atoms with Crippen molar-refractivity contribution in [1.29, 1.82) is 0 Å². The number of hydrogen-bond acceptors (Lipinski definition) is 4. The Bertz CT molecular complexity index is 757. The van der Waals surface area contributed by atoms with Gasteiger partial charge >= 0.3 is 5.97 Å². The lowest BCUT2D eigenvalue weighted by atomic mass is 10.1. The second-order valence-electron chi connectivity index (χ2n) is 5.36. The van der Waals surface area contributed by atoms with Gasteiger partial charge in [-0.3, -0.25) is 4.79 Å². The van der Waals surface area contributed by atoms with Gasteiger partial charge in [0.15, 0.2) is 0 Å². The fourth-order valence-corrected chi connectivity index (χ4v) is 2.02. The molecule has 1 atom stereocenters. The Labute approximate surface area is 139 Å². The number of carbonyl (C=O) groups is 2. The lowest BCUT2D eigenvalue weighted by molar-refractivity contribution is 0.0693. The number of carboxylic acids is 1. The summed E-state index contributed by atoms with van der Waals surface area (Å²) in [7, 11) is 0. The molecular formula is C18H19NO5.